The lowest BCUT2D eigenvalue weighted by molar-refractivity contribution is -0.160. The summed E-state index contributed by atoms with van der Waals surface area (Å²) in [6, 6.07) is 25.8. The Morgan fingerprint density at radius 2 is 1.33 bits per heavy atom. The third-order valence-electron chi connectivity index (χ3n) is 8.41. The molecule has 45 heavy (non-hydrogen) atoms. The van der Waals surface area contributed by atoms with Gasteiger partial charge in [0.05, 0.1) is 39.6 Å². The van der Waals surface area contributed by atoms with Crippen molar-refractivity contribution in [1.29, 1.82) is 0 Å². The van der Waals surface area contributed by atoms with Crippen LogP contribution in [0.5, 0.6) is 11.5 Å². The van der Waals surface area contributed by atoms with E-state index in [1.807, 2.05) is 83.8 Å². The number of ether oxygens (including phenoxy) is 4. The molecule has 1 unspecified atom stereocenters. The third-order valence-corrected chi connectivity index (χ3v) is 8.41. The van der Waals surface area contributed by atoms with E-state index in [-0.39, 0.29) is 19.1 Å². The van der Waals surface area contributed by atoms with E-state index in [9.17, 15) is 14.7 Å². The Morgan fingerprint density at radius 1 is 0.800 bits per heavy atom. The molecule has 0 saturated carbocycles. The standard InChI is InChI=1S/C37H47NO7/c1-42-32-20-16-30(17-21-32)37(29-13-9-8-10-14-29,31-18-22-33(43-2)23-19-31)44-28-35-26-38(25-34(27-40)45-35)36(41)15-11-6-4-3-5-7-12-24-39/h8-10,13-14,16-24,34-35,40H,3-7,11-12,15,25-28H2,1-2H3/t34?,35-/m0/s1. The van der Waals surface area contributed by atoms with Crippen molar-refractivity contribution in [2.45, 2.75) is 69.2 Å². The number of hydrogen-bond acceptors (Lipinski definition) is 7. The van der Waals surface area contributed by atoms with Gasteiger partial charge in [0.1, 0.15) is 23.4 Å². The molecular formula is C37H47NO7. The molecule has 3 aromatic carbocycles. The number of carbonyl (C=O) groups is 2. The number of hydrogen-bond donors (Lipinski definition) is 1. The average molecular weight is 618 g/mol. The fourth-order valence-corrected chi connectivity index (χ4v) is 5.98. The number of methoxy groups -OCH3 is 2. The van der Waals surface area contributed by atoms with Gasteiger partial charge in [-0.1, -0.05) is 80.3 Å². The van der Waals surface area contributed by atoms with Gasteiger partial charge < -0.3 is 33.7 Å². The van der Waals surface area contributed by atoms with Crippen molar-refractivity contribution in [3.05, 3.63) is 95.6 Å². The first-order chi connectivity index (χ1) is 22.0. The van der Waals surface area contributed by atoms with E-state index in [1.54, 1.807) is 14.2 Å². The van der Waals surface area contributed by atoms with Crippen molar-refractivity contribution in [3.8, 4) is 11.5 Å². The van der Waals surface area contributed by atoms with Crippen molar-refractivity contribution in [2.75, 3.05) is 40.5 Å². The molecule has 1 saturated heterocycles. The molecule has 1 aliphatic heterocycles. The number of aliphatic hydroxyl groups excluding tert-OH is 1. The molecule has 0 spiro atoms. The summed E-state index contributed by atoms with van der Waals surface area (Å²) in [5, 5.41) is 10.1. The first-order valence-corrected chi connectivity index (χ1v) is 16.0. The Hall–Kier alpha value is -3.72. The van der Waals surface area contributed by atoms with Crippen molar-refractivity contribution in [3.63, 3.8) is 0 Å². The molecule has 8 heteroatoms. The average Bonchev–Trinajstić information content (AvgIpc) is 3.10. The monoisotopic (exact) mass is 617 g/mol. The van der Waals surface area contributed by atoms with Gasteiger partial charge in [0.2, 0.25) is 5.91 Å². The lowest BCUT2D eigenvalue weighted by Crippen LogP contribution is -2.53. The summed E-state index contributed by atoms with van der Waals surface area (Å²) >= 11 is 0. The maximum atomic E-state index is 13.3. The molecule has 0 bridgehead atoms. The van der Waals surface area contributed by atoms with E-state index < -0.39 is 17.8 Å². The summed E-state index contributed by atoms with van der Waals surface area (Å²) in [5.74, 6) is 1.55. The highest BCUT2D eigenvalue weighted by atomic mass is 16.6. The topological polar surface area (TPSA) is 94.5 Å². The molecule has 4 rings (SSSR count). The molecule has 0 aliphatic carbocycles. The Morgan fingerprint density at radius 3 is 1.89 bits per heavy atom. The lowest BCUT2D eigenvalue weighted by Gasteiger charge is -2.41. The molecule has 1 fully saturated rings. The number of carbonyl (C=O) groups excluding carboxylic acids is 2. The van der Waals surface area contributed by atoms with Crippen LogP contribution in [0.1, 0.15) is 68.1 Å². The van der Waals surface area contributed by atoms with Crippen LogP contribution in [-0.2, 0) is 24.7 Å². The molecule has 1 aliphatic rings. The van der Waals surface area contributed by atoms with Gasteiger partial charge in [0.25, 0.3) is 0 Å². The summed E-state index contributed by atoms with van der Waals surface area (Å²) in [6.07, 6.45) is 7.07. The number of morpholine rings is 1. The van der Waals surface area contributed by atoms with Gasteiger partial charge in [-0.3, -0.25) is 4.79 Å². The van der Waals surface area contributed by atoms with Crippen LogP contribution >= 0.6 is 0 Å². The molecule has 8 nitrogen and oxygen atoms in total. The number of unbranched alkanes of at least 4 members (excludes halogenated alkanes) is 6. The first-order valence-electron chi connectivity index (χ1n) is 16.0. The highest BCUT2D eigenvalue weighted by Gasteiger charge is 2.40. The van der Waals surface area contributed by atoms with Crippen molar-refractivity contribution in [2.24, 2.45) is 0 Å². The Bertz CT molecular complexity index is 1250. The fourth-order valence-electron chi connectivity index (χ4n) is 5.98. The normalized spacial score (nSPS) is 16.7. The summed E-state index contributed by atoms with van der Waals surface area (Å²) in [5.41, 5.74) is 1.76. The summed E-state index contributed by atoms with van der Waals surface area (Å²) in [6.45, 7) is 0.755. The van der Waals surface area contributed by atoms with Crippen LogP contribution in [0.2, 0.25) is 0 Å². The van der Waals surface area contributed by atoms with Gasteiger partial charge in [0.15, 0.2) is 0 Å². The molecule has 0 aromatic heterocycles. The number of aldehydes is 1. The van der Waals surface area contributed by atoms with E-state index >= 15 is 0 Å². The molecule has 1 amide bonds. The highest BCUT2D eigenvalue weighted by Crippen LogP contribution is 2.42. The molecule has 2 atom stereocenters. The Kier molecular flexibility index (Phi) is 13.4. The molecule has 1 N–H and O–H groups in total. The zero-order valence-corrected chi connectivity index (χ0v) is 26.6. The summed E-state index contributed by atoms with van der Waals surface area (Å²) in [7, 11) is 3.28. The van der Waals surface area contributed by atoms with Gasteiger partial charge in [-0.15, -0.1) is 0 Å². The van der Waals surface area contributed by atoms with Crippen LogP contribution < -0.4 is 9.47 Å². The smallest absolute Gasteiger partial charge is 0.222 e. The number of aliphatic hydroxyl groups is 1. The molecule has 1 heterocycles. The maximum Gasteiger partial charge on any atom is 0.222 e. The van der Waals surface area contributed by atoms with E-state index in [4.69, 9.17) is 18.9 Å². The van der Waals surface area contributed by atoms with E-state index in [1.165, 1.54) is 0 Å². The maximum absolute atomic E-state index is 13.3. The molecular weight excluding hydrogens is 570 g/mol. The third kappa shape index (κ3) is 9.16. The van der Waals surface area contributed by atoms with Crippen LogP contribution in [0, 0.1) is 0 Å². The second-order valence-electron chi connectivity index (χ2n) is 11.5. The van der Waals surface area contributed by atoms with Gasteiger partial charge >= 0.3 is 0 Å². The van der Waals surface area contributed by atoms with Crippen molar-refractivity contribution in [1.82, 2.24) is 4.90 Å². The van der Waals surface area contributed by atoms with Crippen LogP contribution in [-0.4, -0.2) is 74.9 Å². The summed E-state index contributed by atoms with van der Waals surface area (Å²) in [4.78, 5) is 25.5. The zero-order chi connectivity index (χ0) is 31.9. The zero-order valence-electron chi connectivity index (χ0n) is 26.6. The van der Waals surface area contributed by atoms with Crippen LogP contribution in [0.15, 0.2) is 78.9 Å². The summed E-state index contributed by atoms with van der Waals surface area (Å²) < 4.78 is 24.1. The second-order valence-corrected chi connectivity index (χ2v) is 11.5. The van der Waals surface area contributed by atoms with Crippen LogP contribution in [0.25, 0.3) is 0 Å². The quantitative estimate of drug-likeness (QED) is 0.108. The van der Waals surface area contributed by atoms with Crippen LogP contribution in [0.4, 0.5) is 0 Å². The highest BCUT2D eigenvalue weighted by molar-refractivity contribution is 5.76. The van der Waals surface area contributed by atoms with E-state index in [0.717, 1.165) is 73.0 Å². The van der Waals surface area contributed by atoms with Gasteiger partial charge in [-0.25, -0.2) is 0 Å². The fraction of sp³-hybridized carbons (Fsp3) is 0.459. The SMILES string of the molecule is COc1ccc(C(OC[C@@H]2CN(C(=O)CCCCCCCCC=O)CC(CO)O2)(c2ccccc2)c2ccc(OC)cc2)cc1. The van der Waals surface area contributed by atoms with Crippen molar-refractivity contribution >= 4 is 12.2 Å². The number of nitrogens with zero attached hydrogens (tertiary/aromatic N) is 1. The first kappa shape index (κ1) is 34.2. The molecule has 0 radical (unpaired) electrons. The Balaban J connectivity index is 1.53. The number of benzene rings is 3. The number of amides is 1. The predicted octanol–water partition coefficient (Wildman–Crippen LogP) is 5.92. The largest absolute Gasteiger partial charge is 0.497 e. The Labute approximate surface area is 267 Å². The molecule has 3 aromatic rings. The number of rotatable bonds is 18. The van der Waals surface area contributed by atoms with Gasteiger partial charge in [-0.2, -0.15) is 0 Å². The predicted molar refractivity (Wildman–Crippen MR) is 174 cm³/mol. The minimum absolute atomic E-state index is 0.0716. The second kappa shape index (κ2) is 17.7. The minimum Gasteiger partial charge on any atom is -0.497 e. The van der Waals surface area contributed by atoms with Crippen LogP contribution in [0.3, 0.4) is 0 Å². The van der Waals surface area contributed by atoms with Gasteiger partial charge in [0, 0.05) is 25.9 Å². The van der Waals surface area contributed by atoms with Gasteiger partial charge in [-0.05, 0) is 53.8 Å². The van der Waals surface area contributed by atoms with E-state index in [0.29, 0.717) is 25.9 Å². The minimum atomic E-state index is -1.00. The van der Waals surface area contributed by atoms with Crippen molar-refractivity contribution < 1.29 is 33.6 Å². The molecule has 242 valence electrons. The lowest BCUT2D eigenvalue weighted by atomic mass is 9.80. The van der Waals surface area contributed by atoms with E-state index in [2.05, 4.69) is 0 Å².